The zero-order valence-corrected chi connectivity index (χ0v) is 20.6. The molecule has 2 saturated heterocycles. The van der Waals surface area contributed by atoms with Gasteiger partial charge >= 0.3 is 0 Å². The first-order valence-electron chi connectivity index (χ1n) is 12.9. The number of likely N-dealkylation sites (tertiary alicyclic amines) is 1. The van der Waals surface area contributed by atoms with Crippen molar-refractivity contribution in [2.75, 3.05) is 44.2 Å². The average Bonchev–Trinajstić information content (AvgIpc) is 3.39. The van der Waals surface area contributed by atoms with E-state index in [-0.39, 0.29) is 24.1 Å². The molecule has 3 heterocycles. The Morgan fingerprint density at radius 2 is 1.74 bits per heavy atom. The molecule has 0 bridgehead atoms. The van der Waals surface area contributed by atoms with Gasteiger partial charge in [0.1, 0.15) is 12.3 Å². The van der Waals surface area contributed by atoms with Crippen LogP contribution in [0.1, 0.15) is 58.1 Å². The lowest BCUT2D eigenvalue weighted by Gasteiger charge is -2.37. The number of ketones is 1. The summed E-state index contributed by atoms with van der Waals surface area (Å²) in [5, 5.41) is 4.70. The summed E-state index contributed by atoms with van der Waals surface area (Å²) in [6.45, 7) is 8.43. The summed E-state index contributed by atoms with van der Waals surface area (Å²) in [4.78, 5) is 44.2. The lowest BCUT2D eigenvalue weighted by Crippen LogP contribution is -2.50. The van der Waals surface area contributed by atoms with Crippen molar-refractivity contribution in [3.8, 4) is 0 Å². The molecule has 1 aromatic carbocycles. The highest BCUT2D eigenvalue weighted by molar-refractivity contribution is 5.96. The molecule has 184 valence electrons. The number of amides is 2. The van der Waals surface area contributed by atoms with E-state index in [9.17, 15) is 14.4 Å². The van der Waals surface area contributed by atoms with Gasteiger partial charge in [-0.1, -0.05) is 12.1 Å². The molecule has 1 saturated carbocycles. The number of fused-ring (bicyclic) bond motifs is 3. The highest BCUT2D eigenvalue weighted by Gasteiger charge is 2.50. The number of aromatic nitrogens is 2. The van der Waals surface area contributed by atoms with Crippen LogP contribution < -0.4 is 4.90 Å². The summed E-state index contributed by atoms with van der Waals surface area (Å²) in [6.07, 6.45) is 2.87. The first kappa shape index (κ1) is 22.3. The maximum Gasteiger partial charge on any atom is 0.274 e. The molecule has 2 amide bonds. The fraction of sp³-hybridized carbons (Fsp3) is 0.556. The number of anilines is 1. The Morgan fingerprint density at radius 1 is 1.00 bits per heavy atom. The number of piperidine rings is 1. The molecule has 0 unspecified atom stereocenters. The summed E-state index contributed by atoms with van der Waals surface area (Å²) in [6, 6.07) is 6.39. The largest absolute Gasteiger partial charge is 0.368 e. The summed E-state index contributed by atoms with van der Waals surface area (Å²) in [5.74, 6) is 1.23. The number of Topliss-reactive ketones (excluding diaryl/α,β-unsaturated/α-hetero) is 1. The van der Waals surface area contributed by atoms with Gasteiger partial charge in [-0.3, -0.25) is 19.1 Å². The Kier molecular flexibility index (Phi) is 5.42. The van der Waals surface area contributed by atoms with Crippen molar-refractivity contribution in [2.24, 2.45) is 5.92 Å². The van der Waals surface area contributed by atoms with Crippen LogP contribution in [-0.2, 0) is 22.6 Å². The predicted octanol–water partition coefficient (Wildman–Crippen LogP) is 2.31. The molecular weight excluding hydrogens is 442 g/mol. The van der Waals surface area contributed by atoms with Crippen LogP contribution in [0.25, 0.3) is 0 Å². The smallest absolute Gasteiger partial charge is 0.274 e. The van der Waals surface area contributed by atoms with Crippen LogP contribution >= 0.6 is 0 Å². The third-order valence-corrected chi connectivity index (χ3v) is 8.49. The van der Waals surface area contributed by atoms with E-state index in [4.69, 9.17) is 5.10 Å². The second-order valence-electron chi connectivity index (χ2n) is 10.6. The number of aryl methyl sites for hydroxylation is 1. The fourth-order valence-electron chi connectivity index (χ4n) is 6.09. The number of hydrogen-bond acceptors (Lipinski definition) is 5. The van der Waals surface area contributed by atoms with Crippen molar-refractivity contribution in [1.29, 1.82) is 0 Å². The Hall–Kier alpha value is -3.16. The number of carbonyl (C=O) groups is 3. The van der Waals surface area contributed by atoms with Crippen molar-refractivity contribution in [1.82, 2.24) is 19.6 Å². The van der Waals surface area contributed by atoms with E-state index in [1.807, 2.05) is 9.58 Å². The van der Waals surface area contributed by atoms with Gasteiger partial charge in [-0.2, -0.15) is 5.10 Å². The minimum absolute atomic E-state index is 0.0686. The molecule has 2 aliphatic carbocycles. The van der Waals surface area contributed by atoms with Gasteiger partial charge in [0.25, 0.3) is 5.91 Å². The number of piperazine rings is 1. The molecule has 1 aromatic heterocycles. The minimum Gasteiger partial charge on any atom is -0.368 e. The second kappa shape index (κ2) is 8.50. The lowest BCUT2D eigenvalue weighted by molar-refractivity contribution is -0.132. The molecule has 0 N–H and O–H groups in total. The summed E-state index contributed by atoms with van der Waals surface area (Å²) < 4.78 is 1.81. The van der Waals surface area contributed by atoms with E-state index in [1.165, 1.54) is 16.8 Å². The molecular formula is C27H33N5O3. The summed E-state index contributed by atoms with van der Waals surface area (Å²) in [7, 11) is 0. The Morgan fingerprint density at radius 3 is 2.49 bits per heavy atom. The fourth-order valence-corrected chi connectivity index (χ4v) is 6.09. The van der Waals surface area contributed by atoms with Gasteiger partial charge in [-0.15, -0.1) is 0 Å². The maximum absolute atomic E-state index is 13.3. The molecule has 35 heavy (non-hydrogen) atoms. The van der Waals surface area contributed by atoms with Crippen LogP contribution in [-0.4, -0.2) is 76.4 Å². The van der Waals surface area contributed by atoms with Gasteiger partial charge in [-0.25, -0.2) is 0 Å². The second-order valence-corrected chi connectivity index (χ2v) is 10.6. The first-order valence-corrected chi connectivity index (χ1v) is 12.9. The number of carbonyl (C=O) groups excluding carboxylic acids is 3. The molecule has 0 radical (unpaired) electrons. The number of nitrogens with zero attached hydrogens (tertiary/aromatic N) is 5. The van der Waals surface area contributed by atoms with Crippen molar-refractivity contribution in [3.63, 3.8) is 0 Å². The van der Waals surface area contributed by atoms with Crippen molar-refractivity contribution < 1.29 is 14.4 Å². The van der Waals surface area contributed by atoms with E-state index in [2.05, 4.69) is 36.9 Å². The highest BCUT2D eigenvalue weighted by Crippen LogP contribution is 2.57. The number of benzene rings is 1. The van der Waals surface area contributed by atoms with Gasteiger partial charge in [0.2, 0.25) is 5.91 Å². The Bertz CT molecular complexity index is 1200. The Labute approximate surface area is 205 Å². The maximum atomic E-state index is 13.3. The van der Waals surface area contributed by atoms with Crippen molar-refractivity contribution in [2.45, 2.75) is 52.0 Å². The van der Waals surface area contributed by atoms with Gasteiger partial charge in [-0.05, 0) is 55.7 Å². The minimum atomic E-state index is -0.0744. The van der Waals surface area contributed by atoms with Crippen molar-refractivity contribution in [3.05, 3.63) is 46.3 Å². The van der Waals surface area contributed by atoms with Gasteiger partial charge in [0.15, 0.2) is 5.69 Å². The van der Waals surface area contributed by atoms with Crippen LogP contribution in [0.5, 0.6) is 0 Å². The Balaban J connectivity index is 1.15. The van der Waals surface area contributed by atoms with Crippen LogP contribution in [0.2, 0.25) is 0 Å². The first-order chi connectivity index (χ1) is 16.9. The molecule has 3 fully saturated rings. The van der Waals surface area contributed by atoms with Crippen LogP contribution in [0.15, 0.2) is 18.2 Å². The van der Waals surface area contributed by atoms with Gasteiger partial charge in [0.05, 0.1) is 0 Å². The van der Waals surface area contributed by atoms with Crippen LogP contribution in [0.4, 0.5) is 5.69 Å². The molecule has 0 spiro atoms. The topological polar surface area (TPSA) is 78.8 Å². The molecule has 8 heteroatoms. The normalized spacial score (nSPS) is 23.4. The van der Waals surface area contributed by atoms with E-state index >= 15 is 0 Å². The van der Waals surface area contributed by atoms with Crippen LogP contribution in [0, 0.1) is 19.8 Å². The molecule has 6 rings (SSSR count). The molecule has 8 nitrogen and oxygen atoms in total. The van der Waals surface area contributed by atoms with E-state index in [1.54, 1.807) is 4.90 Å². The van der Waals surface area contributed by atoms with Crippen LogP contribution in [0.3, 0.4) is 0 Å². The van der Waals surface area contributed by atoms with Gasteiger partial charge < -0.3 is 14.7 Å². The van der Waals surface area contributed by atoms with Gasteiger partial charge in [0, 0.05) is 69.1 Å². The predicted molar refractivity (Wildman–Crippen MR) is 132 cm³/mol. The molecule has 2 atom stereocenters. The lowest BCUT2D eigenvalue weighted by atomic mass is 10.1. The number of rotatable bonds is 4. The highest BCUT2D eigenvalue weighted by atomic mass is 16.2. The molecule has 2 aliphatic heterocycles. The average molecular weight is 476 g/mol. The zero-order valence-electron chi connectivity index (χ0n) is 20.6. The monoisotopic (exact) mass is 475 g/mol. The number of hydrogen-bond donors (Lipinski definition) is 0. The zero-order chi connectivity index (χ0) is 24.3. The summed E-state index contributed by atoms with van der Waals surface area (Å²) >= 11 is 0. The van der Waals surface area contributed by atoms with E-state index in [0.29, 0.717) is 56.6 Å². The van der Waals surface area contributed by atoms with Crippen molar-refractivity contribution >= 4 is 23.3 Å². The van der Waals surface area contributed by atoms with E-state index < -0.39 is 0 Å². The standard InChI is InChI=1S/C27H33N5O3/c1-17-4-3-5-22(18(17)2)29-10-12-30(13-11-29)24(34)16-32-23-15-19-14-21(19)25(23)26(28-32)27(35)31-8-6-20(33)7-9-31/h3-5,19,21H,6-16H2,1-2H3/t19-,21-/m1/s1. The quantitative estimate of drug-likeness (QED) is 0.678. The third kappa shape index (κ3) is 3.93. The molecule has 2 aromatic rings. The third-order valence-electron chi connectivity index (χ3n) is 8.49. The molecule has 4 aliphatic rings. The van der Waals surface area contributed by atoms with E-state index in [0.717, 1.165) is 37.2 Å². The SMILES string of the molecule is Cc1cccc(N2CCN(C(=O)Cn3nc(C(=O)N4CCC(=O)CC4)c4c3C[C@H]3C[C@@H]43)CC2)c1C. The summed E-state index contributed by atoms with van der Waals surface area (Å²) in [5.41, 5.74) is 6.51.